The molecule has 1 aliphatic rings. The number of aliphatic hydroxyl groups is 1. The number of guanidine groups is 1. The number of aliphatic imine (C=N–C) groups is 1. The van der Waals surface area contributed by atoms with E-state index in [1.165, 1.54) is 0 Å². The van der Waals surface area contributed by atoms with Crippen LogP contribution in [-0.2, 0) is 15.1 Å². The Hall–Kier alpha value is -2.78. The van der Waals surface area contributed by atoms with E-state index < -0.39 is 5.54 Å². The number of hydrogen-bond donors (Lipinski definition) is 4. The number of carbonyl (C=O) groups is 1. The fourth-order valence-corrected chi connectivity index (χ4v) is 4.06. The largest absolute Gasteiger partial charge is 0.393 e. The zero-order chi connectivity index (χ0) is 24.2. The molecule has 2 aromatic rings. The number of H-pyrrole nitrogens is 1. The van der Waals surface area contributed by atoms with Crippen molar-refractivity contribution in [3.05, 3.63) is 29.8 Å². The predicted octanol–water partition coefficient (Wildman–Crippen LogP) is 3.20. The van der Waals surface area contributed by atoms with Crippen LogP contribution in [0.25, 0.3) is 11.1 Å². The van der Waals surface area contributed by atoms with E-state index in [-0.39, 0.29) is 23.9 Å². The number of Topliss-reactive ketones (excluding diaryl/α,β-unsaturated/α-hetero) is 1. The average Bonchev–Trinajstić information content (AvgIpc) is 3.40. The zero-order valence-corrected chi connectivity index (χ0v) is 20.2. The number of hydrogen-bond acceptors (Lipinski definition) is 5. The Morgan fingerprint density at radius 1 is 1.45 bits per heavy atom. The first-order chi connectivity index (χ1) is 15.6. The van der Waals surface area contributed by atoms with Gasteiger partial charge in [-0.1, -0.05) is 0 Å². The highest BCUT2D eigenvalue weighted by molar-refractivity contribution is 5.96. The molecule has 0 aliphatic heterocycles. The SMILES string of the molecule is COC[C@H](C)NC(=N)/N=C\c1[nH]c([C@H]2CC[C@H](O)CC2)cc1-c1cnn(C(C)(C)C(C)=O)c1. The summed E-state index contributed by atoms with van der Waals surface area (Å²) in [6.45, 7) is 7.66. The fraction of sp³-hybridized carbons (Fsp3) is 0.583. The summed E-state index contributed by atoms with van der Waals surface area (Å²) in [4.78, 5) is 19.9. The van der Waals surface area contributed by atoms with Crippen molar-refractivity contribution < 1.29 is 14.6 Å². The lowest BCUT2D eigenvalue weighted by Crippen LogP contribution is -2.34. The molecule has 0 radical (unpaired) electrons. The number of carbonyl (C=O) groups excluding carboxylic acids is 1. The van der Waals surface area contributed by atoms with Crippen LogP contribution < -0.4 is 5.32 Å². The van der Waals surface area contributed by atoms with E-state index in [9.17, 15) is 9.90 Å². The number of nitrogens with zero attached hydrogens (tertiary/aromatic N) is 3. The monoisotopic (exact) mass is 456 g/mol. The Morgan fingerprint density at radius 2 is 2.15 bits per heavy atom. The van der Waals surface area contributed by atoms with Crippen LogP contribution in [0.15, 0.2) is 23.5 Å². The highest BCUT2D eigenvalue weighted by Gasteiger charge is 2.28. The smallest absolute Gasteiger partial charge is 0.215 e. The minimum absolute atomic E-state index is 0.0270. The van der Waals surface area contributed by atoms with Gasteiger partial charge in [0.25, 0.3) is 0 Å². The highest BCUT2D eigenvalue weighted by atomic mass is 16.5. The zero-order valence-electron chi connectivity index (χ0n) is 20.2. The number of aliphatic hydroxyl groups excluding tert-OH is 1. The van der Waals surface area contributed by atoms with Crippen LogP contribution in [0.5, 0.6) is 0 Å². The van der Waals surface area contributed by atoms with Crippen LogP contribution in [0.3, 0.4) is 0 Å². The van der Waals surface area contributed by atoms with E-state index in [1.54, 1.807) is 31.1 Å². The maximum absolute atomic E-state index is 12.1. The summed E-state index contributed by atoms with van der Waals surface area (Å²) in [6.07, 6.45) is 8.48. The Kier molecular flexibility index (Phi) is 7.86. The number of aromatic nitrogens is 3. The third kappa shape index (κ3) is 5.97. The van der Waals surface area contributed by atoms with E-state index in [0.717, 1.165) is 48.2 Å². The van der Waals surface area contributed by atoms with E-state index in [4.69, 9.17) is 10.1 Å². The third-order valence-electron chi connectivity index (χ3n) is 6.46. The van der Waals surface area contributed by atoms with Crippen LogP contribution >= 0.6 is 0 Å². The summed E-state index contributed by atoms with van der Waals surface area (Å²) in [5.74, 6) is 0.410. The molecule has 1 fully saturated rings. The van der Waals surface area contributed by atoms with Crippen molar-refractivity contribution in [2.24, 2.45) is 4.99 Å². The summed E-state index contributed by atoms with van der Waals surface area (Å²) >= 11 is 0. The molecule has 3 rings (SSSR count). The first-order valence-electron chi connectivity index (χ1n) is 11.5. The van der Waals surface area contributed by atoms with Gasteiger partial charge >= 0.3 is 0 Å². The van der Waals surface area contributed by atoms with Gasteiger partial charge in [-0.25, -0.2) is 4.99 Å². The van der Waals surface area contributed by atoms with E-state index in [2.05, 4.69) is 26.5 Å². The van der Waals surface area contributed by atoms with Crippen molar-refractivity contribution in [1.82, 2.24) is 20.1 Å². The molecule has 2 aromatic heterocycles. The molecule has 2 heterocycles. The molecule has 1 saturated carbocycles. The van der Waals surface area contributed by atoms with Gasteiger partial charge in [0.15, 0.2) is 5.78 Å². The molecule has 33 heavy (non-hydrogen) atoms. The van der Waals surface area contributed by atoms with Gasteiger partial charge < -0.3 is 20.1 Å². The number of methoxy groups -OCH3 is 1. The molecule has 9 nitrogen and oxygen atoms in total. The van der Waals surface area contributed by atoms with E-state index >= 15 is 0 Å². The second-order valence-electron chi connectivity index (χ2n) is 9.45. The minimum atomic E-state index is -0.741. The van der Waals surface area contributed by atoms with Gasteiger partial charge in [0.2, 0.25) is 5.96 Å². The summed E-state index contributed by atoms with van der Waals surface area (Å²) in [6, 6.07) is 2.08. The number of rotatable bonds is 8. The summed E-state index contributed by atoms with van der Waals surface area (Å²) in [7, 11) is 1.62. The van der Waals surface area contributed by atoms with Gasteiger partial charge in [-0.3, -0.25) is 14.9 Å². The molecule has 180 valence electrons. The lowest BCUT2D eigenvalue weighted by Gasteiger charge is -2.24. The quantitative estimate of drug-likeness (QED) is 0.358. The Labute approximate surface area is 195 Å². The van der Waals surface area contributed by atoms with Crippen LogP contribution in [0.4, 0.5) is 0 Å². The van der Waals surface area contributed by atoms with Gasteiger partial charge in [0, 0.05) is 36.2 Å². The third-order valence-corrected chi connectivity index (χ3v) is 6.46. The molecule has 0 unspecified atom stereocenters. The van der Waals surface area contributed by atoms with Gasteiger partial charge in [0.05, 0.1) is 30.8 Å². The van der Waals surface area contributed by atoms with Crippen molar-refractivity contribution in [2.45, 2.75) is 77.0 Å². The lowest BCUT2D eigenvalue weighted by molar-refractivity contribution is -0.124. The van der Waals surface area contributed by atoms with Crippen LogP contribution in [0, 0.1) is 5.41 Å². The maximum atomic E-state index is 12.1. The number of aromatic amines is 1. The van der Waals surface area contributed by atoms with Gasteiger partial charge in [-0.05, 0) is 65.4 Å². The number of nitrogens with one attached hydrogen (secondary N) is 3. The molecule has 1 atom stereocenters. The molecule has 4 N–H and O–H groups in total. The van der Waals surface area contributed by atoms with Crippen LogP contribution in [0.2, 0.25) is 0 Å². The van der Waals surface area contributed by atoms with Gasteiger partial charge in [0.1, 0.15) is 5.54 Å². The van der Waals surface area contributed by atoms with Crippen molar-refractivity contribution >= 4 is 18.0 Å². The Morgan fingerprint density at radius 3 is 2.79 bits per heavy atom. The van der Waals surface area contributed by atoms with Gasteiger partial charge in [-0.15, -0.1) is 0 Å². The highest BCUT2D eigenvalue weighted by Crippen LogP contribution is 2.35. The molecular formula is C24H36N6O3. The second kappa shape index (κ2) is 10.4. The van der Waals surface area contributed by atoms with Crippen molar-refractivity contribution in [2.75, 3.05) is 13.7 Å². The van der Waals surface area contributed by atoms with Crippen molar-refractivity contribution in [1.29, 1.82) is 5.41 Å². The first-order valence-corrected chi connectivity index (χ1v) is 11.5. The van der Waals surface area contributed by atoms with Crippen molar-refractivity contribution in [3.63, 3.8) is 0 Å². The topological polar surface area (TPSA) is 128 Å². The number of ether oxygens (including phenoxy) is 1. The fourth-order valence-electron chi connectivity index (χ4n) is 4.06. The normalized spacial score (nSPS) is 20.2. The molecule has 0 bridgehead atoms. The lowest BCUT2D eigenvalue weighted by atomic mass is 9.85. The van der Waals surface area contributed by atoms with Crippen molar-refractivity contribution in [3.8, 4) is 11.1 Å². The summed E-state index contributed by atoms with van der Waals surface area (Å²) in [5.41, 5.74) is 2.92. The van der Waals surface area contributed by atoms with Gasteiger partial charge in [-0.2, -0.15) is 5.10 Å². The maximum Gasteiger partial charge on any atom is 0.215 e. The van der Waals surface area contributed by atoms with E-state index in [1.807, 2.05) is 27.0 Å². The molecule has 0 spiro atoms. The molecule has 1 aliphatic carbocycles. The second-order valence-corrected chi connectivity index (χ2v) is 9.45. The minimum Gasteiger partial charge on any atom is -0.393 e. The molecule has 0 aromatic carbocycles. The predicted molar refractivity (Wildman–Crippen MR) is 129 cm³/mol. The molecular weight excluding hydrogens is 420 g/mol. The molecule has 0 saturated heterocycles. The van der Waals surface area contributed by atoms with E-state index in [0.29, 0.717) is 12.5 Å². The molecule has 0 amide bonds. The number of ketones is 1. The Balaban J connectivity index is 1.91. The standard InChI is InChI=1S/C24H36N6O3/c1-15(14-33-5)28-23(25)26-12-22-20(10-21(29-22)17-6-8-19(32)9-7-17)18-11-27-30(13-18)24(3,4)16(2)31/h10-13,15,17,19,29,32H,6-9,14H2,1-5H3,(H2,25,28)/b26-12-/t15-,17-,19-/m0/s1. The average molecular weight is 457 g/mol. The summed E-state index contributed by atoms with van der Waals surface area (Å²) in [5, 5.41) is 25.4. The Bertz CT molecular complexity index is 998. The molecule has 9 heteroatoms. The van der Waals surface area contributed by atoms with Crippen LogP contribution in [0.1, 0.15) is 70.7 Å². The first kappa shape index (κ1) is 24.9. The summed E-state index contributed by atoms with van der Waals surface area (Å²) < 4.78 is 6.79. The van der Waals surface area contributed by atoms with Crippen LogP contribution in [-0.4, -0.2) is 63.7 Å².